The number of aryl methyl sites for hydroxylation is 1. The van der Waals surface area contributed by atoms with Gasteiger partial charge in [-0.2, -0.15) is 0 Å². The number of nitrogens with zero attached hydrogens (tertiary/aromatic N) is 7. The summed E-state index contributed by atoms with van der Waals surface area (Å²) in [6.45, 7) is 15.5. The lowest BCUT2D eigenvalue weighted by Crippen LogP contribution is -2.65. The normalized spacial score (nSPS) is 24.0. The van der Waals surface area contributed by atoms with E-state index in [-0.39, 0.29) is 58.3 Å². The molecule has 3 aromatic rings. The van der Waals surface area contributed by atoms with Crippen LogP contribution in [0.5, 0.6) is 0 Å². The minimum atomic E-state index is -5.53. The first kappa shape index (κ1) is 58.2. The Kier molecular flexibility index (Phi) is 16.9. The lowest BCUT2D eigenvalue weighted by atomic mass is 9.84. The van der Waals surface area contributed by atoms with Crippen LogP contribution in [0.2, 0.25) is 0 Å². The number of carbonyl (C=O) groups excluding carboxylic acids is 5. The Morgan fingerprint density at radius 2 is 1.78 bits per heavy atom. The van der Waals surface area contributed by atoms with Crippen molar-refractivity contribution in [2.24, 2.45) is 11.3 Å². The van der Waals surface area contributed by atoms with Crippen molar-refractivity contribution in [3.8, 4) is 23.1 Å². The monoisotopic (exact) mass is 1080 g/mol. The molecule has 4 amide bonds. The first-order chi connectivity index (χ1) is 35.5. The van der Waals surface area contributed by atoms with Gasteiger partial charge in [0.25, 0.3) is 17.7 Å². The van der Waals surface area contributed by atoms with Gasteiger partial charge in [0.2, 0.25) is 5.91 Å². The number of anilines is 1. The smallest absolute Gasteiger partial charge is 0.324 e. The number of likely N-dealkylation sites (tertiary alicyclic amines) is 1. The molecule has 76 heavy (non-hydrogen) atoms. The van der Waals surface area contributed by atoms with Gasteiger partial charge >= 0.3 is 5.97 Å². The molecule has 0 spiro atoms. The summed E-state index contributed by atoms with van der Waals surface area (Å²) in [6, 6.07) is 5.97. The van der Waals surface area contributed by atoms with Gasteiger partial charge in [0, 0.05) is 100 Å². The Morgan fingerprint density at radius 1 is 1.08 bits per heavy atom. The number of amides is 4. The number of cyclic esters (lactones) is 1. The quantitative estimate of drug-likeness (QED) is 0.155. The number of aromatic nitrogens is 2. The molecule has 7 rings (SSSR count). The number of carbonyl (C=O) groups is 5. The third kappa shape index (κ3) is 12.1. The first-order valence-corrected chi connectivity index (χ1v) is 28.6. The van der Waals surface area contributed by atoms with Crippen LogP contribution in [0, 0.1) is 23.2 Å². The van der Waals surface area contributed by atoms with E-state index in [1.807, 2.05) is 88.8 Å². The van der Waals surface area contributed by atoms with Crippen molar-refractivity contribution in [3.05, 3.63) is 47.8 Å². The van der Waals surface area contributed by atoms with Crippen molar-refractivity contribution in [3.63, 3.8) is 0 Å². The largest absolute Gasteiger partial charge is 0.464 e. The Labute approximate surface area is 446 Å². The number of piperidine rings is 1. The second-order valence-corrected chi connectivity index (χ2v) is 26.3. The zero-order valence-electron chi connectivity index (χ0n) is 46.4. The van der Waals surface area contributed by atoms with E-state index in [1.54, 1.807) is 27.2 Å². The van der Waals surface area contributed by atoms with Gasteiger partial charge < -0.3 is 43.2 Å². The highest BCUT2D eigenvalue weighted by atomic mass is 32.3. The summed E-state index contributed by atoms with van der Waals surface area (Å²) in [7, 11) is 1.11. The van der Waals surface area contributed by atoms with Gasteiger partial charge in [0.05, 0.1) is 50.3 Å². The van der Waals surface area contributed by atoms with Crippen LogP contribution in [0.4, 0.5) is 10.1 Å². The summed E-state index contributed by atoms with van der Waals surface area (Å²) in [5.41, 5.74) is 4.49. The molecule has 1 aromatic carbocycles. The highest BCUT2D eigenvalue weighted by molar-refractivity contribution is 8.10. The number of hydrogen-bond acceptors (Lipinski definition) is 12. The van der Waals surface area contributed by atoms with E-state index in [0.717, 1.165) is 38.3 Å². The zero-order chi connectivity index (χ0) is 55.9. The molecule has 3 fully saturated rings. The van der Waals surface area contributed by atoms with Crippen LogP contribution in [-0.4, -0.2) is 180 Å². The van der Waals surface area contributed by atoms with E-state index in [9.17, 15) is 37.3 Å². The van der Waals surface area contributed by atoms with Gasteiger partial charge in [-0.25, -0.2) is 14.0 Å². The molecule has 0 unspecified atom stereocenters. The number of esters is 1. The molecule has 0 saturated carbocycles. The average molecular weight is 1080 g/mol. The zero-order valence-corrected chi connectivity index (χ0v) is 47.2. The van der Waals surface area contributed by atoms with E-state index >= 15 is 4.39 Å². The number of pyridine rings is 1. The Hall–Kier alpha value is -5.50. The molecule has 21 heteroatoms. The minimum Gasteiger partial charge on any atom is -0.464 e. The van der Waals surface area contributed by atoms with Gasteiger partial charge in [-0.15, -0.1) is 0 Å². The molecule has 4 aliphatic heterocycles. The molecular formula is C55H80FN9O10S. The van der Waals surface area contributed by atoms with E-state index in [2.05, 4.69) is 34.1 Å². The molecule has 6 heterocycles. The third-order valence-corrected chi connectivity index (χ3v) is 18.7. The Morgan fingerprint density at radius 3 is 2.42 bits per heavy atom. The molecule has 0 radical (unpaired) electrons. The Bertz CT molecular complexity index is 2840. The summed E-state index contributed by atoms with van der Waals surface area (Å²) >= 11 is 0. The van der Waals surface area contributed by atoms with Crippen molar-refractivity contribution in [1.29, 1.82) is 0 Å². The summed E-state index contributed by atoms with van der Waals surface area (Å²) in [5, 5.41) is 3.37. The molecule has 418 valence electrons. The topological polar surface area (TPSA) is 219 Å². The van der Waals surface area contributed by atoms with E-state index in [4.69, 9.17) is 14.5 Å². The van der Waals surface area contributed by atoms with Crippen molar-refractivity contribution in [2.75, 3.05) is 78.2 Å². The number of hydrogen-bond donors (Lipinski definition) is 4. The summed E-state index contributed by atoms with van der Waals surface area (Å²) in [6.07, 6.45) is 1.34. The maximum absolute atomic E-state index is 16.8. The number of fused-ring (bicyclic) bond motifs is 6. The fourth-order valence-corrected chi connectivity index (χ4v) is 12.9. The van der Waals surface area contributed by atoms with Crippen LogP contribution in [0.15, 0.2) is 36.5 Å². The van der Waals surface area contributed by atoms with Crippen LogP contribution >= 0.6 is 0 Å². The van der Waals surface area contributed by atoms with Gasteiger partial charge in [-0.05, 0) is 115 Å². The fraction of sp³-hybridized carbons (Fsp3) is 0.636. The van der Waals surface area contributed by atoms with Gasteiger partial charge in [-0.1, -0.05) is 33.6 Å². The van der Waals surface area contributed by atoms with Crippen LogP contribution in [0.25, 0.3) is 22.2 Å². The molecule has 4 aliphatic rings. The van der Waals surface area contributed by atoms with E-state index in [1.165, 1.54) is 17.0 Å². The molecule has 0 aliphatic carbocycles. The lowest BCUT2D eigenvalue weighted by molar-refractivity contribution is -0.156. The maximum atomic E-state index is 16.8. The van der Waals surface area contributed by atoms with Crippen LogP contribution in [0.3, 0.4) is 0 Å². The number of halogens is 1. The maximum Gasteiger partial charge on any atom is 0.324 e. The molecule has 19 nitrogen and oxygen atoms in total. The molecule has 2 aromatic heterocycles. The molecule has 5 atom stereocenters. The number of likely N-dealkylation sites (N-methyl/N-ethyl adjacent to an activating group) is 1. The number of ether oxygens (including phenoxy) is 2. The molecular weight excluding hydrogens is 998 g/mol. The second kappa shape index (κ2) is 22.1. The van der Waals surface area contributed by atoms with Crippen LogP contribution in [-0.2, 0) is 56.0 Å². The number of benzene rings is 1. The highest BCUT2D eigenvalue weighted by Gasteiger charge is 2.50. The number of nitrogens with one attached hydrogen (secondary N) is 2. The van der Waals surface area contributed by atoms with Crippen molar-refractivity contribution in [1.82, 2.24) is 40.0 Å². The standard InChI is InChI=1S/C55H80FN9O10S/c1-13-64-44-19-18-37-30-40(44)41(48(64)39-16-14-24-57-46(39)36(4)74-12)32-53(5,6)34-75-51(69)42-17-15-25-65(59-42)50(68)43(31-38-33-63(37)28-29-76(38,71,72)73)58-49(67)47(35(2)3)61(11)52(70)55(56)22-26-62(27-23-55)45(66)20-21-54(7,8)60(9)10/h14,16,18-19,24,30,35-36,38,42-43,47,59H,13,15,17,22-23,25-29,31-34H2,1-12H3,(H,58,67)(H2,71,72,73)/t36-,38+,42-,43-,47-/m0/s1. The minimum absolute atomic E-state index is 0.0157. The molecule has 4 N–H and O–H groups in total. The molecule has 3 saturated heterocycles. The van der Waals surface area contributed by atoms with Crippen molar-refractivity contribution < 1.29 is 51.2 Å². The highest BCUT2D eigenvalue weighted by Crippen LogP contribution is 2.43. The van der Waals surface area contributed by atoms with E-state index in [0.29, 0.717) is 31.5 Å². The van der Waals surface area contributed by atoms with Crippen molar-refractivity contribution in [2.45, 2.75) is 141 Å². The number of rotatable bonds is 10. The molecule has 6 bridgehead atoms. The number of methoxy groups -OCH3 is 1. The van der Waals surface area contributed by atoms with Gasteiger partial charge in [0.1, 0.15) is 18.1 Å². The third-order valence-electron chi connectivity index (χ3n) is 16.1. The Balaban J connectivity index is 1.24. The van der Waals surface area contributed by atoms with Gasteiger partial charge in [-0.3, -0.25) is 38.9 Å². The summed E-state index contributed by atoms with van der Waals surface area (Å²) < 4.78 is 69.0. The first-order valence-electron chi connectivity index (χ1n) is 26.5. The summed E-state index contributed by atoms with van der Waals surface area (Å²) in [5.74, 6) is 0.761. The number of alkyl halides is 1. The van der Waals surface area contributed by atoms with Crippen LogP contribution in [0.1, 0.15) is 105 Å². The predicted octanol–water partition coefficient (Wildman–Crippen LogP) is 5.04. The summed E-state index contributed by atoms with van der Waals surface area (Å²) in [4.78, 5) is 81.9. The average Bonchev–Trinajstić information content (AvgIpc) is 3.67. The fourth-order valence-electron chi connectivity index (χ4n) is 10.9. The lowest BCUT2D eigenvalue weighted by Gasteiger charge is -2.48. The van der Waals surface area contributed by atoms with Crippen LogP contribution < -0.4 is 15.6 Å². The van der Waals surface area contributed by atoms with E-state index < -0.39 is 97.3 Å². The predicted molar refractivity (Wildman–Crippen MR) is 290 cm³/mol. The second-order valence-electron chi connectivity index (χ2n) is 23.1. The SMILES string of the molecule is CCn1c(-c2cccnc2[C@H](C)OC)c2c3cc(ccc31)N1CCS(=O)(O)(O)[C@H](C[C@H](NC(=O)[C@H](C(C)C)N(C)C(=O)C3(F)CCN(C(=O)C#CC(C)(C)N(C)C)CC3)C(=O)N3CCC[C@H](N3)C(=O)OCC(C)(C)C2)C1. The van der Waals surface area contributed by atoms with Crippen molar-refractivity contribution >= 4 is 55.8 Å². The van der Waals surface area contributed by atoms with Gasteiger partial charge in [0.15, 0.2) is 5.67 Å². The number of hydrazine groups is 1.